The van der Waals surface area contributed by atoms with Crippen LogP contribution in [0, 0.1) is 5.92 Å². The molecule has 3 N–H and O–H groups in total. The minimum Gasteiger partial charge on any atom is -0.508 e. The molecule has 192 valence electrons. The van der Waals surface area contributed by atoms with Crippen molar-refractivity contribution in [2.24, 2.45) is 5.92 Å². The molecule has 34 heavy (non-hydrogen) atoms. The molecule has 8 nitrogen and oxygen atoms in total. The normalized spacial score (nSPS) is 13.2. The van der Waals surface area contributed by atoms with Gasteiger partial charge in [-0.3, -0.25) is 9.59 Å². The summed E-state index contributed by atoms with van der Waals surface area (Å²) in [6, 6.07) is 4.56. The third-order valence-electron chi connectivity index (χ3n) is 5.15. The number of aromatic hydroxyl groups is 1. The molecular formula is C26H43N3O5. The Morgan fingerprint density at radius 3 is 2.32 bits per heavy atom. The fourth-order valence-electron chi connectivity index (χ4n) is 3.66. The van der Waals surface area contributed by atoms with Crippen LogP contribution in [0.1, 0.15) is 85.8 Å². The summed E-state index contributed by atoms with van der Waals surface area (Å²) in [6.07, 6.45) is 2.56. The molecule has 0 radical (unpaired) electrons. The van der Waals surface area contributed by atoms with Crippen LogP contribution in [0.25, 0.3) is 0 Å². The molecular weight excluding hydrogens is 434 g/mol. The maximum absolute atomic E-state index is 13.7. The van der Waals surface area contributed by atoms with E-state index in [1.54, 1.807) is 39.8 Å². The predicted molar refractivity (Wildman–Crippen MR) is 133 cm³/mol. The van der Waals surface area contributed by atoms with E-state index >= 15 is 0 Å². The van der Waals surface area contributed by atoms with Gasteiger partial charge in [0, 0.05) is 13.1 Å². The van der Waals surface area contributed by atoms with Gasteiger partial charge >= 0.3 is 6.09 Å². The third kappa shape index (κ3) is 10.0. The molecule has 0 saturated heterocycles. The second-order valence-electron chi connectivity index (χ2n) is 9.95. The van der Waals surface area contributed by atoms with Crippen LogP contribution in [0.3, 0.4) is 0 Å². The molecule has 2 atom stereocenters. The van der Waals surface area contributed by atoms with Gasteiger partial charge in [-0.2, -0.15) is 0 Å². The van der Waals surface area contributed by atoms with Crippen molar-refractivity contribution in [2.75, 3.05) is 13.1 Å². The fraction of sp³-hybridized carbons (Fsp3) is 0.654. The SMILES string of the molecule is CCCCCNC(=O)C(c1cccc(O)c1)N(CC)C(=O)C(CC(C)C)NC(=O)OC(C)(C)C. The van der Waals surface area contributed by atoms with Gasteiger partial charge in [0.25, 0.3) is 0 Å². The quantitative estimate of drug-likeness (QED) is 0.383. The number of rotatable bonds is 12. The topological polar surface area (TPSA) is 108 Å². The zero-order chi connectivity index (χ0) is 25.9. The number of nitrogens with one attached hydrogen (secondary N) is 2. The summed E-state index contributed by atoms with van der Waals surface area (Å²) >= 11 is 0. The highest BCUT2D eigenvalue weighted by molar-refractivity contribution is 5.92. The van der Waals surface area contributed by atoms with E-state index in [0.29, 0.717) is 18.5 Å². The average Bonchev–Trinajstić information content (AvgIpc) is 2.72. The summed E-state index contributed by atoms with van der Waals surface area (Å²) in [5.74, 6) is -0.573. The van der Waals surface area contributed by atoms with Gasteiger partial charge in [-0.15, -0.1) is 0 Å². The summed E-state index contributed by atoms with van der Waals surface area (Å²) in [6.45, 7) is 13.8. The van der Waals surface area contributed by atoms with E-state index in [1.165, 1.54) is 17.0 Å². The Balaban J connectivity index is 3.26. The molecule has 0 heterocycles. The molecule has 3 amide bonds. The van der Waals surface area contributed by atoms with Crippen LogP contribution in [-0.4, -0.2) is 52.6 Å². The summed E-state index contributed by atoms with van der Waals surface area (Å²) < 4.78 is 5.36. The molecule has 0 fully saturated rings. The number of likely N-dealkylation sites (N-methyl/N-ethyl adjacent to an activating group) is 1. The molecule has 0 aliphatic carbocycles. The average molecular weight is 478 g/mol. The van der Waals surface area contributed by atoms with Crippen molar-refractivity contribution in [3.8, 4) is 5.75 Å². The number of hydrogen-bond acceptors (Lipinski definition) is 5. The van der Waals surface area contributed by atoms with Gasteiger partial charge in [-0.05, 0) is 64.2 Å². The molecule has 0 bridgehead atoms. The van der Waals surface area contributed by atoms with Crippen LogP contribution in [0.2, 0.25) is 0 Å². The lowest BCUT2D eigenvalue weighted by Gasteiger charge is -2.34. The van der Waals surface area contributed by atoms with Gasteiger partial charge < -0.3 is 25.4 Å². The van der Waals surface area contributed by atoms with E-state index < -0.39 is 23.8 Å². The second kappa shape index (κ2) is 13.8. The van der Waals surface area contributed by atoms with E-state index in [1.807, 2.05) is 13.8 Å². The van der Waals surface area contributed by atoms with Crippen LogP contribution >= 0.6 is 0 Å². The van der Waals surface area contributed by atoms with Gasteiger partial charge in [0.05, 0.1) is 0 Å². The van der Waals surface area contributed by atoms with Crippen LogP contribution in [0.15, 0.2) is 24.3 Å². The van der Waals surface area contributed by atoms with Crippen LogP contribution in [-0.2, 0) is 14.3 Å². The monoisotopic (exact) mass is 477 g/mol. The number of nitrogens with zero attached hydrogens (tertiary/aromatic N) is 1. The van der Waals surface area contributed by atoms with Crippen LogP contribution in [0.4, 0.5) is 4.79 Å². The van der Waals surface area contributed by atoms with Crippen molar-refractivity contribution in [2.45, 2.75) is 91.8 Å². The van der Waals surface area contributed by atoms with Gasteiger partial charge in [-0.1, -0.05) is 45.7 Å². The number of carbonyl (C=O) groups is 3. The summed E-state index contributed by atoms with van der Waals surface area (Å²) in [7, 11) is 0. The molecule has 0 aromatic heterocycles. The van der Waals surface area contributed by atoms with Crippen molar-refractivity contribution in [3.63, 3.8) is 0 Å². The molecule has 0 aliphatic rings. The van der Waals surface area contributed by atoms with Crippen molar-refractivity contribution in [1.29, 1.82) is 0 Å². The fourth-order valence-corrected chi connectivity index (χ4v) is 3.66. The molecule has 1 aromatic rings. The zero-order valence-electron chi connectivity index (χ0n) is 21.8. The summed E-state index contributed by atoms with van der Waals surface area (Å²) in [4.78, 5) is 40.9. The van der Waals surface area contributed by atoms with E-state index in [2.05, 4.69) is 17.6 Å². The van der Waals surface area contributed by atoms with Crippen molar-refractivity contribution < 1.29 is 24.2 Å². The van der Waals surface area contributed by atoms with E-state index in [0.717, 1.165) is 19.3 Å². The molecule has 2 unspecified atom stereocenters. The Morgan fingerprint density at radius 2 is 1.79 bits per heavy atom. The largest absolute Gasteiger partial charge is 0.508 e. The lowest BCUT2D eigenvalue weighted by atomic mass is 9.99. The van der Waals surface area contributed by atoms with Gasteiger partial charge in [0.1, 0.15) is 23.4 Å². The van der Waals surface area contributed by atoms with Gasteiger partial charge in [0.2, 0.25) is 11.8 Å². The standard InChI is InChI=1S/C26H43N3O5/c1-8-10-11-15-27-23(31)22(19-13-12-14-20(30)17-19)29(9-2)24(32)21(16-18(3)4)28-25(33)34-26(5,6)7/h12-14,17-18,21-22,30H,8-11,15-16H2,1-7H3,(H,27,31)(H,28,33). The first-order chi connectivity index (χ1) is 15.9. The zero-order valence-corrected chi connectivity index (χ0v) is 21.8. The highest BCUT2D eigenvalue weighted by Gasteiger charge is 2.35. The lowest BCUT2D eigenvalue weighted by Crippen LogP contribution is -2.53. The molecule has 0 spiro atoms. The van der Waals surface area contributed by atoms with Crippen LogP contribution < -0.4 is 10.6 Å². The van der Waals surface area contributed by atoms with Crippen molar-refractivity contribution >= 4 is 17.9 Å². The third-order valence-corrected chi connectivity index (χ3v) is 5.15. The van der Waals surface area contributed by atoms with Gasteiger partial charge in [-0.25, -0.2) is 4.79 Å². The van der Waals surface area contributed by atoms with Gasteiger partial charge in [0.15, 0.2) is 0 Å². The molecule has 8 heteroatoms. The number of benzene rings is 1. The minimum atomic E-state index is -0.943. The van der Waals surface area contributed by atoms with E-state index in [4.69, 9.17) is 4.74 Å². The predicted octanol–water partition coefficient (Wildman–Crippen LogP) is 4.53. The number of phenols is 1. The summed E-state index contributed by atoms with van der Waals surface area (Å²) in [5, 5.41) is 15.7. The first-order valence-electron chi connectivity index (χ1n) is 12.3. The number of unbranched alkanes of at least 4 members (excludes halogenated alkanes) is 2. The number of carbonyl (C=O) groups excluding carboxylic acids is 3. The Kier molecular flexibility index (Phi) is 11.9. The summed E-state index contributed by atoms with van der Waals surface area (Å²) in [5.41, 5.74) is -0.202. The smallest absolute Gasteiger partial charge is 0.408 e. The molecule has 1 aromatic carbocycles. The van der Waals surface area contributed by atoms with Crippen molar-refractivity contribution in [1.82, 2.24) is 15.5 Å². The maximum Gasteiger partial charge on any atom is 0.408 e. The lowest BCUT2D eigenvalue weighted by molar-refractivity contribution is -0.142. The van der Waals surface area contributed by atoms with E-state index in [-0.39, 0.29) is 30.0 Å². The maximum atomic E-state index is 13.7. The number of ether oxygens (including phenoxy) is 1. The Hall–Kier alpha value is -2.77. The van der Waals surface area contributed by atoms with Crippen LogP contribution in [0.5, 0.6) is 5.75 Å². The highest BCUT2D eigenvalue weighted by Crippen LogP contribution is 2.26. The van der Waals surface area contributed by atoms with E-state index in [9.17, 15) is 19.5 Å². The number of amides is 3. The first kappa shape index (κ1) is 29.3. The highest BCUT2D eigenvalue weighted by atomic mass is 16.6. The molecule has 0 aliphatic heterocycles. The second-order valence-corrected chi connectivity index (χ2v) is 9.95. The Morgan fingerprint density at radius 1 is 1.12 bits per heavy atom. The molecule has 1 rings (SSSR count). The van der Waals surface area contributed by atoms with Crippen molar-refractivity contribution in [3.05, 3.63) is 29.8 Å². The molecule has 0 saturated carbocycles. The Labute approximate surface area is 204 Å². The Bertz CT molecular complexity index is 804. The number of phenolic OH excluding ortho intramolecular Hbond substituents is 1. The first-order valence-corrected chi connectivity index (χ1v) is 12.3. The number of hydrogen-bond donors (Lipinski definition) is 3. The minimum absolute atomic E-state index is 0.00963. The number of alkyl carbamates (subject to hydrolysis) is 1.